The van der Waals surface area contributed by atoms with E-state index in [4.69, 9.17) is 33.5 Å². The third-order valence-electron chi connectivity index (χ3n) is 12.4. The zero-order chi connectivity index (χ0) is 45.8. The van der Waals surface area contributed by atoms with E-state index in [1.54, 1.807) is 33.1 Å². The first kappa shape index (κ1) is 50.5. The smallest absolute Gasteiger partial charge is 0.332 e. The first-order valence-corrected chi connectivity index (χ1v) is 20.4. The van der Waals surface area contributed by atoms with Gasteiger partial charge in [-0.25, -0.2) is 9.59 Å². The minimum atomic E-state index is -1.09. The SMILES string of the molecule is C=C[C@@H]1C[C@]1(NC(=O)[C@@H]1C[C@@H](OC)C[C@H]1C(=O)O)C(=O)OCC.C=C[C@@H]1C[C@]1(NC(=O)[C@@H]1C[C@@H](OC)C[C@H]1C(=O)OC)C(=O)OCC.COC(=O)[C@@H]1C[C@H](OC)C[C@H]1C(=O)O. The summed E-state index contributed by atoms with van der Waals surface area (Å²) in [5, 5.41) is 23.7. The lowest BCUT2D eigenvalue weighted by Crippen LogP contribution is -2.49. The lowest BCUT2D eigenvalue weighted by molar-refractivity contribution is -0.154. The first-order valence-electron chi connectivity index (χ1n) is 20.4. The first-order chi connectivity index (χ1) is 28.9. The van der Waals surface area contributed by atoms with Gasteiger partial charge < -0.3 is 54.0 Å². The molecular weight excluding hydrogens is 804 g/mol. The van der Waals surface area contributed by atoms with Gasteiger partial charge in [0.25, 0.3) is 0 Å². The van der Waals surface area contributed by atoms with Crippen molar-refractivity contribution in [2.45, 2.75) is 94.6 Å². The average Bonchev–Trinajstić information content (AvgIpc) is 3.84. The number of nitrogens with one attached hydrogen (secondary N) is 2. The number of hydrogen-bond donors (Lipinski definition) is 4. The highest BCUT2D eigenvalue weighted by Gasteiger charge is 2.63. The maximum atomic E-state index is 12.7. The van der Waals surface area contributed by atoms with Crippen LogP contribution in [0.25, 0.3) is 0 Å². The highest BCUT2D eigenvalue weighted by atomic mass is 16.5. The van der Waals surface area contributed by atoms with Crippen molar-refractivity contribution < 1.29 is 81.7 Å². The fourth-order valence-electron chi connectivity index (χ4n) is 8.65. The molecule has 19 heteroatoms. The lowest BCUT2D eigenvalue weighted by atomic mass is 9.94. The van der Waals surface area contributed by atoms with Crippen molar-refractivity contribution in [2.24, 2.45) is 47.3 Å². The van der Waals surface area contributed by atoms with Crippen LogP contribution >= 0.6 is 0 Å². The monoisotopic (exact) mass is 866 g/mol. The van der Waals surface area contributed by atoms with Gasteiger partial charge in [0, 0.05) is 33.2 Å². The molecule has 5 rings (SSSR count). The van der Waals surface area contributed by atoms with Crippen LogP contribution in [0.1, 0.15) is 65.2 Å². The second kappa shape index (κ2) is 22.3. The van der Waals surface area contributed by atoms with Gasteiger partial charge in [-0.1, -0.05) is 12.2 Å². The Kier molecular flexibility index (Phi) is 18.4. The summed E-state index contributed by atoms with van der Waals surface area (Å²) in [5.74, 6) is -8.86. The molecule has 0 aromatic heterocycles. The fourth-order valence-corrected chi connectivity index (χ4v) is 8.65. The predicted molar refractivity (Wildman–Crippen MR) is 212 cm³/mol. The molecule has 0 aliphatic heterocycles. The molecule has 61 heavy (non-hydrogen) atoms. The van der Waals surface area contributed by atoms with E-state index in [1.165, 1.54) is 28.4 Å². The molecule has 0 saturated heterocycles. The van der Waals surface area contributed by atoms with Gasteiger partial charge in [-0.15, -0.1) is 13.2 Å². The van der Waals surface area contributed by atoms with Gasteiger partial charge in [0.2, 0.25) is 11.8 Å². The molecule has 19 nitrogen and oxygen atoms in total. The number of rotatable bonds is 17. The molecule has 0 bridgehead atoms. The zero-order valence-corrected chi connectivity index (χ0v) is 36.0. The molecule has 5 aliphatic carbocycles. The van der Waals surface area contributed by atoms with E-state index in [0.29, 0.717) is 51.4 Å². The summed E-state index contributed by atoms with van der Waals surface area (Å²) in [6, 6.07) is 0. The Labute approximate surface area is 355 Å². The molecule has 0 unspecified atom stereocenters. The number of aliphatic carboxylic acids is 2. The second-order valence-electron chi connectivity index (χ2n) is 15.8. The maximum Gasteiger partial charge on any atom is 0.332 e. The lowest BCUT2D eigenvalue weighted by Gasteiger charge is -2.22. The molecule has 2 amide bonds. The number of ether oxygens (including phenoxy) is 7. The second-order valence-corrected chi connectivity index (χ2v) is 15.8. The Morgan fingerprint density at radius 3 is 1.11 bits per heavy atom. The minimum Gasteiger partial charge on any atom is -0.481 e. The number of hydrogen-bond acceptors (Lipinski definition) is 15. The third-order valence-corrected chi connectivity index (χ3v) is 12.4. The summed E-state index contributed by atoms with van der Waals surface area (Å²) in [6.07, 6.45) is 5.82. The molecule has 0 heterocycles. The van der Waals surface area contributed by atoms with Gasteiger partial charge in [0.1, 0.15) is 11.1 Å². The average molecular weight is 867 g/mol. The summed E-state index contributed by atoms with van der Waals surface area (Å²) in [5.41, 5.74) is -2.15. The van der Waals surface area contributed by atoms with Crippen LogP contribution < -0.4 is 10.6 Å². The normalized spacial score (nSPS) is 34.0. The Morgan fingerprint density at radius 1 is 0.541 bits per heavy atom. The summed E-state index contributed by atoms with van der Waals surface area (Å²) in [4.78, 5) is 95.1. The number of esters is 4. The molecule has 13 atom stereocenters. The molecule has 0 spiro atoms. The Bertz CT molecular complexity index is 1650. The summed E-state index contributed by atoms with van der Waals surface area (Å²) in [6.45, 7) is 11.2. The molecule has 5 aliphatic rings. The van der Waals surface area contributed by atoms with Gasteiger partial charge in [-0.3, -0.25) is 28.8 Å². The minimum absolute atomic E-state index is 0.153. The van der Waals surface area contributed by atoms with Gasteiger partial charge in [0.05, 0.1) is 81.3 Å². The summed E-state index contributed by atoms with van der Waals surface area (Å²) in [7, 11) is 7.13. The number of carboxylic acid groups (broad SMARTS) is 2. The Balaban J connectivity index is 0.000000253. The van der Waals surface area contributed by atoms with E-state index < -0.39 is 88.3 Å². The number of methoxy groups -OCH3 is 5. The van der Waals surface area contributed by atoms with Crippen LogP contribution in [0.2, 0.25) is 0 Å². The van der Waals surface area contributed by atoms with E-state index in [2.05, 4.69) is 28.5 Å². The highest BCUT2D eigenvalue weighted by molar-refractivity contribution is 5.95. The Morgan fingerprint density at radius 2 is 0.836 bits per heavy atom. The number of carboxylic acids is 2. The van der Waals surface area contributed by atoms with E-state index in [9.17, 15) is 43.5 Å². The van der Waals surface area contributed by atoms with Crippen molar-refractivity contribution in [3.8, 4) is 0 Å². The van der Waals surface area contributed by atoms with E-state index >= 15 is 0 Å². The molecule has 4 N–H and O–H groups in total. The van der Waals surface area contributed by atoms with Crippen molar-refractivity contribution in [3.05, 3.63) is 25.3 Å². The molecule has 0 aromatic carbocycles. The van der Waals surface area contributed by atoms with Crippen LogP contribution in [0.3, 0.4) is 0 Å². The van der Waals surface area contributed by atoms with Crippen LogP contribution in [-0.2, 0) is 71.5 Å². The third kappa shape index (κ3) is 11.7. The molecule has 5 fully saturated rings. The Hall–Kier alpha value is -4.88. The molecule has 5 saturated carbocycles. The number of carbonyl (C=O) groups is 8. The van der Waals surface area contributed by atoms with Crippen molar-refractivity contribution in [1.82, 2.24) is 10.6 Å². The predicted octanol–water partition coefficient (Wildman–Crippen LogP) is 1.85. The van der Waals surface area contributed by atoms with Crippen molar-refractivity contribution >= 4 is 47.6 Å². The van der Waals surface area contributed by atoms with Crippen molar-refractivity contribution in [3.63, 3.8) is 0 Å². The molecule has 0 radical (unpaired) electrons. The van der Waals surface area contributed by atoms with E-state index in [1.807, 2.05) is 0 Å². The molecular formula is C42H62N2O17. The van der Waals surface area contributed by atoms with Gasteiger partial charge in [-0.2, -0.15) is 0 Å². The summed E-state index contributed by atoms with van der Waals surface area (Å²) < 4.78 is 35.0. The van der Waals surface area contributed by atoms with E-state index in [-0.39, 0.29) is 49.3 Å². The van der Waals surface area contributed by atoms with Crippen LogP contribution in [0.4, 0.5) is 0 Å². The highest BCUT2D eigenvalue weighted by Crippen LogP contribution is 2.48. The standard InChI is InChI=1S/C17H25NO6.C16H23NO6.C9H14O5/c1-5-10-9-17(10,16(21)24-6-2)18-14(19)12-7-11(22-3)8-13(12)15(20)23-4;1-4-9-8-16(9,15(21)23-5-2)17-13(18)11-6-10(22-3)7-12(11)14(19)20;1-13-5-3-6(8(10)11)7(4-5)9(12)14-2/h5,10-13H,1,6-9H2,2-4H3,(H,18,19);4,9-12H,1,5-8H2,2-3H3,(H,17,18)(H,19,20);5-7H,3-4H2,1-2H3,(H,10,11)/t10-,11-,12-,13-,17-;9-,10-,11-,12-,16-;5-,6-,7-/m111/s1. The van der Waals surface area contributed by atoms with Crippen LogP contribution in [-0.4, -0.2) is 136 Å². The topological polar surface area (TPSA) is 266 Å². The molecule has 0 aromatic rings. The van der Waals surface area contributed by atoms with Gasteiger partial charge >= 0.3 is 35.8 Å². The number of carbonyl (C=O) groups excluding carboxylic acids is 6. The van der Waals surface area contributed by atoms with Gasteiger partial charge in [0.15, 0.2) is 0 Å². The largest absolute Gasteiger partial charge is 0.481 e. The molecule has 342 valence electrons. The summed E-state index contributed by atoms with van der Waals surface area (Å²) >= 11 is 0. The zero-order valence-electron chi connectivity index (χ0n) is 36.0. The van der Waals surface area contributed by atoms with Crippen LogP contribution in [0, 0.1) is 47.3 Å². The quantitative estimate of drug-likeness (QED) is 0.0923. The van der Waals surface area contributed by atoms with Gasteiger partial charge in [-0.05, 0) is 65.2 Å². The van der Waals surface area contributed by atoms with Crippen molar-refractivity contribution in [1.29, 1.82) is 0 Å². The maximum absolute atomic E-state index is 12.7. The number of amides is 2. The van der Waals surface area contributed by atoms with Crippen molar-refractivity contribution in [2.75, 3.05) is 48.8 Å². The van der Waals surface area contributed by atoms with Crippen LogP contribution in [0.5, 0.6) is 0 Å². The van der Waals surface area contributed by atoms with E-state index in [0.717, 1.165) is 0 Å². The van der Waals surface area contributed by atoms with Crippen LogP contribution in [0.15, 0.2) is 25.3 Å². The fraction of sp³-hybridized carbons (Fsp3) is 0.714.